The van der Waals surface area contributed by atoms with Gasteiger partial charge in [-0.05, 0) is 11.6 Å². The fourth-order valence-corrected chi connectivity index (χ4v) is 3.30. The normalized spacial score (nSPS) is 11.1. The van der Waals surface area contributed by atoms with E-state index >= 15 is 0 Å². The molecule has 0 unspecified atom stereocenters. The molecule has 0 aliphatic heterocycles. The lowest BCUT2D eigenvalue weighted by Crippen LogP contribution is -2.37. The summed E-state index contributed by atoms with van der Waals surface area (Å²) < 4.78 is 7.63. The first-order chi connectivity index (χ1) is 14.4. The number of rotatable bonds is 1. The second-order valence-corrected chi connectivity index (χ2v) is 7.17. The van der Waals surface area contributed by atoms with Crippen LogP contribution in [0, 0.1) is 0 Å². The summed E-state index contributed by atoms with van der Waals surface area (Å²) in [5.41, 5.74) is 2.01. The Kier molecular flexibility index (Phi) is 5.37. The van der Waals surface area contributed by atoms with Crippen LogP contribution in [0.1, 0.15) is 0 Å². The molecule has 166 valence electrons. The first-order valence-electron chi connectivity index (χ1n) is 8.81. The van der Waals surface area contributed by atoms with Gasteiger partial charge < -0.3 is 9.13 Å². The van der Waals surface area contributed by atoms with Gasteiger partial charge in [0.1, 0.15) is 0 Å². The van der Waals surface area contributed by atoms with E-state index in [0.29, 0.717) is 28.3 Å². The maximum Gasteiger partial charge on any atom is 0.332 e. The van der Waals surface area contributed by atoms with E-state index in [9.17, 15) is 19.2 Å². The number of hydrogen-bond acceptors (Lipinski definition) is 8. The Bertz CT molecular complexity index is 1580. The quantitative estimate of drug-likeness (QED) is 0.188. The number of halogens is 1. The summed E-state index contributed by atoms with van der Waals surface area (Å²) in [6.45, 7) is 0. The summed E-state index contributed by atoms with van der Waals surface area (Å²) in [4.78, 5) is 54.9. The van der Waals surface area contributed by atoms with Crippen molar-refractivity contribution in [3.63, 3.8) is 0 Å². The molecule has 0 fully saturated rings. The van der Waals surface area contributed by atoms with E-state index in [4.69, 9.17) is 17.4 Å². The predicted molar refractivity (Wildman–Crippen MR) is 115 cm³/mol. The number of nitrogen functional groups attached to an aromatic ring is 1. The van der Waals surface area contributed by atoms with Crippen LogP contribution in [0.3, 0.4) is 0 Å². The van der Waals surface area contributed by atoms with Crippen LogP contribution in [0.2, 0.25) is 5.28 Å². The summed E-state index contributed by atoms with van der Waals surface area (Å²) in [6, 6.07) is 0. The predicted octanol–water partition coefficient (Wildman–Crippen LogP) is -2.12. The van der Waals surface area contributed by atoms with Crippen molar-refractivity contribution in [3.8, 4) is 0 Å². The molecule has 3 N–H and O–H groups in total. The average molecular weight is 453 g/mol. The van der Waals surface area contributed by atoms with Gasteiger partial charge in [-0.15, -0.1) is 0 Å². The van der Waals surface area contributed by atoms with E-state index < -0.39 is 22.5 Å². The molecule has 0 spiro atoms. The van der Waals surface area contributed by atoms with Gasteiger partial charge in [0.15, 0.2) is 22.3 Å². The van der Waals surface area contributed by atoms with Gasteiger partial charge in [0.05, 0.1) is 0 Å². The van der Waals surface area contributed by atoms with Crippen LogP contribution in [0.4, 0.5) is 5.95 Å². The number of nitrogens with zero attached hydrogens (tertiary/aromatic N) is 8. The van der Waals surface area contributed by atoms with Crippen LogP contribution in [0.15, 0.2) is 19.2 Å². The standard InChI is InChI=1S/C8H9ClN4O2.C8H12N6O2/c1-11-4-5(10-7(11)9)12(2)8(15)13(3)6(4)14;1-12-4-5(10-7(12)11-9)13(2)8(16)14(3)6(4)15/h1-3H3;9H2,1-3H3,(H,10,11). The minimum Gasteiger partial charge on any atom is -0.312 e. The molecule has 4 rings (SSSR count). The fourth-order valence-electron chi connectivity index (χ4n) is 3.14. The number of fused-ring (bicyclic) bond motifs is 2. The lowest BCUT2D eigenvalue weighted by atomic mass is 10.5. The van der Waals surface area contributed by atoms with Crippen molar-refractivity contribution in [2.75, 3.05) is 5.43 Å². The van der Waals surface area contributed by atoms with Gasteiger partial charge in [-0.2, -0.15) is 9.97 Å². The molecular weight excluding hydrogens is 432 g/mol. The van der Waals surface area contributed by atoms with Crippen LogP contribution in [0.5, 0.6) is 0 Å². The van der Waals surface area contributed by atoms with Gasteiger partial charge in [0, 0.05) is 42.3 Å². The summed E-state index contributed by atoms with van der Waals surface area (Å²) in [7, 11) is 9.22. The molecule has 4 aromatic heterocycles. The molecule has 14 nitrogen and oxygen atoms in total. The van der Waals surface area contributed by atoms with E-state index in [1.165, 1.54) is 32.4 Å². The Morgan fingerprint density at radius 1 is 0.677 bits per heavy atom. The summed E-state index contributed by atoms with van der Waals surface area (Å²) in [5, 5.41) is 0.184. The second-order valence-electron chi connectivity index (χ2n) is 6.83. The van der Waals surface area contributed by atoms with Crippen LogP contribution < -0.4 is 33.8 Å². The molecule has 0 radical (unpaired) electrons. The van der Waals surface area contributed by atoms with Crippen molar-refractivity contribution in [1.82, 2.24) is 37.4 Å². The number of imidazole rings is 2. The molecule has 0 aromatic carbocycles. The van der Waals surface area contributed by atoms with E-state index in [-0.39, 0.29) is 5.28 Å². The van der Waals surface area contributed by atoms with Crippen LogP contribution in [-0.4, -0.2) is 37.4 Å². The van der Waals surface area contributed by atoms with Crippen molar-refractivity contribution in [2.45, 2.75) is 0 Å². The third kappa shape index (κ3) is 3.16. The molecule has 15 heteroatoms. The fraction of sp³-hybridized carbons (Fsp3) is 0.375. The van der Waals surface area contributed by atoms with Crippen molar-refractivity contribution in [2.24, 2.45) is 48.1 Å². The van der Waals surface area contributed by atoms with E-state index in [2.05, 4.69) is 15.4 Å². The monoisotopic (exact) mass is 452 g/mol. The van der Waals surface area contributed by atoms with Gasteiger partial charge >= 0.3 is 11.4 Å². The highest BCUT2D eigenvalue weighted by Crippen LogP contribution is 2.13. The molecular formula is C16H21ClN10O4. The van der Waals surface area contributed by atoms with E-state index in [0.717, 1.165) is 9.13 Å². The highest BCUT2D eigenvalue weighted by atomic mass is 35.5. The summed E-state index contributed by atoms with van der Waals surface area (Å²) in [5.74, 6) is 5.59. The molecule has 31 heavy (non-hydrogen) atoms. The number of nitrogens with two attached hydrogens (primary N) is 1. The maximum absolute atomic E-state index is 11.9. The number of hydrogen-bond donors (Lipinski definition) is 2. The van der Waals surface area contributed by atoms with Gasteiger partial charge in [-0.25, -0.2) is 15.4 Å². The SMILES string of the molecule is Cn1c(=O)c2c(nc(Cl)n2C)n(C)c1=O.Cn1c(=O)c2c(nc(NN)n2C)n(C)c1=O. The molecule has 4 heterocycles. The number of hydrazine groups is 1. The highest BCUT2D eigenvalue weighted by Gasteiger charge is 2.16. The summed E-state index contributed by atoms with van der Waals surface area (Å²) in [6.07, 6.45) is 0. The molecule has 0 saturated carbocycles. The Labute approximate surface area is 178 Å². The van der Waals surface area contributed by atoms with Crippen LogP contribution in [-0.2, 0) is 42.3 Å². The Morgan fingerprint density at radius 3 is 1.55 bits per heavy atom. The topological polar surface area (TPSA) is 162 Å². The third-order valence-electron chi connectivity index (χ3n) is 5.03. The van der Waals surface area contributed by atoms with Crippen molar-refractivity contribution < 1.29 is 0 Å². The molecule has 0 amide bonds. The maximum atomic E-state index is 11.9. The van der Waals surface area contributed by atoms with Crippen LogP contribution >= 0.6 is 11.6 Å². The molecule has 4 aromatic rings. The molecule has 0 atom stereocenters. The van der Waals surface area contributed by atoms with E-state index in [1.54, 1.807) is 28.2 Å². The number of nitrogens with one attached hydrogen (secondary N) is 1. The molecule has 0 bridgehead atoms. The zero-order valence-corrected chi connectivity index (χ0v) is 18.4. The van der Waals surface area contributed by atoms with E-state index in [1.807, 2.05) is 0 Å². The largest absolute Gasteiger partial charge is 0.332 e. The van der Waals surface area contributed by atoms with Gasteiger partial charge in [-0.3, -0.25) is 33.3 Å². The number of aryl methyl sites for hydroxylation is 4. The second kappa shape index (κ2) is 7.55. The first kappa shape index (κ1) is 22.0. The van der Waals surface area contributed by atoms with Crippen LogP contribution in [0.25, 0.3) is 22.3 Å². The smallest absolute Gasteiger partial charge is 0.312 e. The summed E-state index contributed by atoms with van der Waals surface area (Å²) >= 11 is 5.79. The molecule has 0 aliphatic rings. The Hall–Kier alpha value is -3.65. The first-order valence-corrected chi connectivity index (χ1v) is 9.18. The highest BCUT2D eigenvalue weighted by molar-refractivity contribution is 6.29. The van der Waals surface area contributed by atoms with Crippen molar-refractivity contribution in [3.05, 3.63) is 47.0 Å². The lowest BCUT2D eigenvalue weighted by molar-refractivity contribution is 0.705. The zero-order chi connectivity index (χ0) is 23.4. The van der Waals surface area contributed by atoms with Crippen molar-refractivity contribution >= 4 is 39.9 Å². The Balaban J connectivity index is 0.000000176. The zero-order valence-electron chi connectivity index (χ0n) is 17.7. The minimum absolute atomic E-state index is 0.184. The molecule has 0 aliphatic carbocycles. The van der Waals surface area contributed by atoms with Gasteiger partial charge in [0.25, 0.3) is 11.1 Å². The van der Waals surface area contributed by atoms with Gasteiger partial charge in [0.2, 0.25) is 11.2 Å². The number of anilines is 1. The average Bonchev–Trinajstić information content (AvgIpc) is 3.24. The minimum atomic E-state index is -0.417. The van der Waals surface area contributed by atoms with Gasteiger partial charge in [-0.1, -0.05) is 0 Å². The molecule has 0 saturated heterocycles. The number of aromatic nitrogens is 8. The Morgan fingerprint density at radius 2 is 1.10 bits per heavy atom. The van der Waals surface area contributed by atoms with Crippen molar-refractivity contribution in [1.29, 1.82) is 0 Å². The lowest BCUT2D eigenvalue weighted by Gasteiger charge is -2.03. The third-order valence-corrected chi connectivity index (χ3v) is 5.36.